The van der Waals surface area contributed by atoms with Crippen molar-refractivity contribution in [2.45, 2.75) is 52.0 Å². The number of hydrogen-bond donors (Lipinski definition) is 0. The monoisotopic (exact) mass is 391 g/mol. The van der Waals surface area contributed by atoms with Crippen molar-refractivity contribution >= 4 is 33.4 Å². The maximum Gasteiger partial charge on any atom is 0.305 e. The zero-order chi connectivity index (χ0) is 19.6. The quantitative estimate of drug-likeness (QED) is 0.732. The first-order chi connectivity index (χ1) is 12.9. The Balaban J connectivity index is 1.88. The molecule has 0 fully saturated rings. The molecule has 3 rings (SSSR count). The van der Waals surface area contributed by atoms with Gasteiger partial charge in [0.25, 0.3) is 11.5 Å². The first-order valence-corrected chi connectivity index (χ1v) is 10.1. The van der Waals surface area contributed by atoms with Crippen molar-refractivity contribution in [3.8, 4) is 0 Å². The number of nitrogens with zero attached hydrogens (tertiary/aromatic N) is 3. The van der Waals surface area contributed by atoms with E-state index in [0.29, 0.717) is 40.2 Å². The number of aryl methyl sites for hydroxylation is 2. The van der Waals surface area contributed by atoms with Gasteiger partial charge in [-0.1, -0.05) is 6.42 Å². The highest BCUT2D eigenvalue weighted by Crippen LogP contribution is 2.29. The van der Waals surface area contributed by atoms with Gasteiger partial charge >= 0.3 is 5.97 Å². The van der Waals surface area contributed by atoms with E-state index in [9.17, 15) is 14.4 Å². The van der Waals surface area contributed by atoms with E-state index in [1.807, 2.05) is 6.92 Å². The smallest absolute Gasteiger partial charge is 0.305 e. The Morgan fingerprint density at radius 2 is 2.07 bits per heavy atom. The molecule has 0 radical (unpaired) electrons. The zero-order valence-corrected chi connectivity index (χ0v) is 16.9. The summed E-state index contributed by atoms with van der Waals surface area (Å²) in [5, 5.41) is 0.567. The van der Waals surface area contributed by atoms with Gasteiger partial charge in [-0.15, -0.1) is 11.3 Å². The van der Waals surface area contributed by atoms with Gasteiger partial charge in [-0.25, -0.2) is 4.98 Å². The van der Waals surface area contributed by atoms with Crippen LogP contribution in [0.5, 0.6) is 0 Å². The number of ether oxygens (including phenoxy) is 1. The molecule has 1 aliphatic heterocycles. The third-order valence-corrected chi connectivity index (χ3v) is 6.23. The van der Waals surface area contributed by atoms with Crippen LogP contribution in [0.2, 0.25) is 0 Å². The molecule has 0 N–H and O–H groups in total. The molecule has 27 heavy (non-hydrogen) atoms. The number of rotatable bonds is 5. The highest BCUT2D eigenvalue weighted by molar-refractivity contribution is 7.20. The molecule has 0 unspecified atom stereocenters. The highest BCUT2D eigenvalue weighted by Gasteiger charge is 2.24. The molecule has 2 aromatic rings. The lowest BCUT2D eigenvalue weighted by atomic mass is 10.2. The SMILES string of the molecule is COC(=O)CCCN(C)C(=O)c1sc2nc3n(c(=O)c2c1C)CCCCC3. The lowest BCUT2D eigenvalue weighted by molar-refractivity contribution is -0.140. The summed E-state index contributed by atoms with van der Waals surface area (Å²) < 4.78 is 6.40. The summed E-state index contributed by atoms with van der Waals surface area (Å²) in [5.74, 6) is 0.407. The summed E-state index contributed by atoms with van der Waals surface area (Å²) in [6.45, 7) is 2.97. The molecule has 0 aromatic carbocycles. The predicted molar refractivity (Wildman–Crippen MR) is 104 cm³/mol. The van der Waals surface area contributed by atoms with Crippen molar-refractivity contribution in [3.63, 3.8) is 0 Å². The van der Waals surface area contributed by atoms with E-state index in [1.165, 1.54) is 18.4 Å². The summed E-state index contributed by atoms with van der Waals surface area (Å²) in [6, 6.07) is 0. The normalized spacial score (nSPS) is 13.9. The van der Waals surface area contributed by atoms with Gasteiger partial charge in [0.15, 0.2) is 0 Å². The fourth-order valence-corrected chi connectivity index (χ4v) is 4.64. The third-order valence-electron chi connectivity index (χ3n) is 5.05. The number of methoxy groups -OCH3 is 1. The molecule has 2 aromatic heterocycles. The number of hydrogen-bond acceptors (Lipinski definition) is 6. The summed E-state index contributed by atoms with van der Waals surface area (Å²) in [5.41, 5.74) is 0.676. The molecule has 0 spiro atoms. The Morgan fingerprint density at radius 3 is 2.81 bits per heavy atom. The van der Waals surface area contributed by atoms with Crippen LogP contribution >= 0.6 is 11.3 Å². The van der Waals surface area contributed by atoms with Crippen molar-refractivity contribution in [3.05, 3.63) is 26.6 Å². The topological polar surface area (TPSA) is 81.5 Å². The molecule has 146 valence electrons. The second kappa shape index (κ2) is 8.21. The van der Waals surface area contributed by atoms with Gasteiger partial charge in [-0.2, -0.15) is 0 Å². The largest absolute Gasteiger partial charge is 0.469 e. The van der Waals surface area contributed by atoms with Gasteiger partial charge in [-0.05, 0) is 31.7 Å². The summed E-state index contributed by atoms with van der Waals surface area (Å²) in [6.07, 6.45) is 4.74. The average Bonchev–Trinajstić information content (AvgIpc) is 2.82. The number of fused-ring (bicyclic) bond motifs is 2. The van der Waals surface area contributed by atoms with Gasteiger partial charge < -0.3 is 9.64 Å². The lowest BCUT2D eigenvalue weighted by Crippen LogP contribution is -2.28. The maximum atomic E-state index is 13.0. The first-order valence-electron chi connectivity index (χ1n) is 9.29. The molecule has 0 saturated heterocycles. The molecule has 0 saturated carbocycles. The van der Waals surface area contributed by atoms with Gasteiger partial charge in [0.2, 0.25) is 0 Å². The second-order valence-electron chi connectivity index (χ2n) is 6.94. The van der Waals surface area contributed by atoms with Crippen LogP contribution in [0.1, 0.15) is 53.2 Å². The van der Waals surface area contributed by atoms with Crippen LogP contribution in [0.4, 0.5) is 0 Å². The molecule has 0 atom stereocenters. The Morgan fingerprint density at radius 1 is 1.30 bits per heavy atom. The molecule has 1 aliphatic rings. The van der Waals surface area contributed by atoms with E-state index in [-0.39, 0.29) is 23.9 Å². The number of esters is 1. The van der Waals surface area contributed by atoms with Crippen molar-refractivity contribution < 1.29 is 14.3 Å². The Hall–Kier alpha value is -2.22. The third kappa shape index (κ3) is 3.90. The number of amides is 1. The van der Waals surface area contributed by atoms with E-state index in [0.717, 1.165) is 31.5 Å². The molecular formula is C19H25N3O4S. The standard InChI is InChI=1S/C19H25N3O4S/c1-12-15-17(20-13-8-5-4-6-11-22(13)18(15)24)27-16(12)19(25)21(2)10-7-9-14(23)26-3/h4-11H2,1-3H3. The van der Waals surface area contributed by atoms with Crippen molar-refractivity contribution in [1.82, 2.24) is 14.5 Å². The summed E-state index contributed by atoms with van der Waals surface area (Å²) >= 11 is 1.29. The Bertz CT molecular complexity index is 931. The molecule has 0 aliphatic carbocycles. The van der Waals surface area contributed by atoms with Crippen molar-refractivity contribution in [1.29, 1.82) is 0 Å². The lowest BCUT2D eigenvalue weighted by Gasteiger charge is -2.16. The van der Waals surface area contributed by atoms with E-state index < -0.39 is 0 Å². The first kappa shape index (κ1) is 19.5. The Labute approximate surface area is 161 Å². The van der Waals surface area contributed by atoms with Gasteiger partial charge in [0.1, 0.15) is 10.7 Å². The van der Waals surface area contributed by atoms with Gasteiger partial charge in [-0.3, -0.25) is 19.0 Å². The van der Waals surface area contributed by atoms with Crippen LogP contribution in [0, 0.1) is 6.92 Å². The second-order valence-corrected chi connectivity index (χ2v) is 7.94. The van der Waals surface area contributed by atoms with E-state index in [2.05, 4.69) is 4.74 Å². The number of thiophene rings is 1. The average molecular weight is 391 g/mol. The van der Waals surface area contributed by atoms with Crippen molar-refractivity contribution in [2.75, 3.05) is 20.7 Å². The number of carbonyl (C=O) groups is 2. The van der Waals surface area contributed by atoms with Crippen LogP contribution in [0.3, 0.4) is 0 Å². The summed E-state index contributed by atoms with van der Waals surface area (Å²) in [4.78, 5) is 44.6. The van der Waals surface area contributed by atoms with Crippen LogP contribution in [-0.4, -0.2) is 47.0 Å². The zero-order valence-electron chi connectivity index (χ0n) is 16.0. The fourth-order valence-electron chi connectivity index (χ4n) is 3.45. The van der Waals surface area contributed by atoms with Crippen LogP contribution in [0.15, 0.2) is 4.79 Å². The fraction of sp³-hybridized carbons (Fsp3) is 0.579. The van der Waals surface area contributed by atoms with Crippen molar-refractivity contribution in [2.24, 2.45) is 0 Å². The number of carbonyl (C=O) groups excluding carboxylic acids is 2. The van der Waals surface area contributed by atoms with Gasteiger partial charge in [0.05, 0.1) is 17.4 Å². The minimum absolute atomic E-state index is 0.0296. The van der Waals surface area contributed by atoms with E-state index in [4.69, 9.17) is 4.98 Å². The predicted octanol–water partition coefficient (Wildman–Crippen LogP) is 2.52. The molecule has 0 bridgehead atoms. The molecule has 1 amide bonds. The van der Waals surface area contributed by atoms with Crippen LogP contribution in [-0.2, 0) is 22.5 Å². The van der Waals surface area contributed by atoms with Gasteiger partial charge in [0, 0.05) is 33.0 Å². The van der Waals surface area contributed by atoms with E-state index >= 15 is 0 Å². The number of aromatic nitrogens is 2. The highest BCUT2D eigenvalue weighted by atomic mass is 32.1. The Kier molecular flexibility index (Phi) is 5.94. The van der Waals surface area contributed by atoms with Crippen LogP contribution < -0.4 is 5.56 Å². The molecule has 3 heterocycles. The van der Waals surface area contributed by atoms with E-state index in [1.54, 1.807) is 16.5 Å². The molecule has 8 heteroatoms. The minimum Gasteiger partial charge on any atom is -0.469 e. The molecule has 7 nitrogen and oxygen atoms in total. The minimum atomic E-state index is -0.285. The molecular weight excluding hydrogens is 366 g/mol. The summed E-state index contributed by atoms with van der Waals surface area (Å²) in [7, 11) is 3.06. The maximum absolute atomic E-state index is 13.0. The van der Waals surface area contributed by atoms with Crippen LogP contribution in [0.25, 0.3) is 10.2 Å².